The molecule has 140 valence electrons. The van der Waals surface area contributed by atoms with Crippen LogP contribution in [0.3, 0.4) is 0 Å². The van der Waals surface area contributed by atoms with E-state index in [9.17, 15) is 4.79 Å². The molecule has 7 nitrogen and oxygen atoms in total. The van der Waals surface area contributed by atoms with Gasteiger partial charge in [0, 0.05) is 29.0 Å². The first-order valence-electron chi connectivity index (χ1n) is 8.69. The van der Waals surface area contributed by atoms with E-state index in [0.717, 1.165) is 22.0 Å². The number of nitrogens with two attached hydrogens (primary N) is 1. The first-order chi connectivity index (χ1) is 13.6. The average Bonchev–Trinajstić information content (AvgIpc) is 3.09. The molecule has 0 aliphatic rings. The minimum absolute atomic E-state index is 0.132. The maximum absolute atomic E-state index is 12.7. The highest BCUT2D eigenvalue weighted by molar-refractivity contribution is 8.00. The Bertz CT molecular complexity index is 1120. The number of nitrogen functional groups attached to an aromatic ring is 1. The number of carbonyl (C=O) groups is 1. The van der Waals surface area contributed by atoms with E-state index in [4.69, 9.17) is 5.84 Å². The van der Waals surface area contributed by atoms with Crippen LogP contribution in [0.5, 0.6) is 0 Å². The third-order valence-corrected chi connectivity index (χ3v) is 5.34. The van der Waals surface area contributed by atoms with Crippen LogP contribution in [0.4, 0.5) is 5.69 Å². The molecular formula is C20H18N6OS. The van der Waals surface area contributed by atoms with Crippen molar-refractivity contribution in [3.63, 3.8) is 0 Å². The Kier molecular flexibility index (Phi) is 4.94. The van der Waals surface area contributed by atoms with Crippen LogP contribution in [0.1, 0.15) is 6.92 Å². The minimum atomic E-state index is -0.410. The number of hydrogen-bond acceptors (Lipinski definition) is 6. The van der Waals surface area contributed by atoms with Gasteiger partial charge in [-0.2, -0.15) is 0 Å². The van der Waals surface area contributed by atoms with E-state index in [1.54, 1.807) is 18.5 Å². The van der Waals surface area contributed by atoms with E-state index in [0.29, 0.717) is 11.0 Å². The van der Waals surface area contributed by atoms with Crippen LogP contribution in [-0.2, 0) is 4.79 Å². The Hall–Kier alpha value is -3.39. The predicted molar refractivity (Wildman–Crippen MR) is 111 cm³/mol. The number of carbonyl (C=O) groups excluding carboxylic acids is 1. The third kappa shape index (κ3) is 3.54. The SMILES string of the molecule is C[C@H](Sc1nnc(-c2cccnc2)n1N)C(=O)Nc1cccc2ccccc12. The zero-order valence-electron chi connectivity index (χ0n) is 15.1. The van der Waals surface area contributed by atoms with Gasteiger partial charge in [0.25, 0.3) is 0 Å². The van der Waals surface area contributed by atoms with Crippen molar-refractivity contribution in [2.24, 2.45) is 0 Å². The highest BCUT2D eigenvalue weighted by Gasteiger charge is 2.20. The molecule has 8 heteroatoms. The first-order valence-corrected chi connectivity index (χ1v) is 9.57. The fourth-order valence-corrected chi connectivity index (χ4v) is 3.60. The Labute approximate surface area is 166 Å². The van der Waals surface area contributed by atoms with E-state index in [-0.39, 0.29) is 5.91 Å². The molecule has 0 saturated carbocycles. The molecule has 4 aromatic rings. The molecule has 0 aliphatic heterocycles. The number of nitrogens with zero attached hydrogens (tertiary/aromatic N) is 4. The zero-order chi connectivity index (χ0) is 19.5. The molecule has 2 aromatic heterocycles. The molecule has 0 aliphatic carbocycles. The average molecular weight is 390 g/mol. The van der Waals surface area contributed by atoms with Crippen molar-refractivity contribution >= 4 is 34.1 Å². The fourth-order valence-electron chi connectivity index (χ4n) is 2.83. The molecular weight excluding hydrogens is 372 g/mol. The van der Waals surface area contributed by atoms with Gasteiger partial charge in [-0.3, -0.25) is 9.78 Å². The molecule has 28 heavy (non-hydrogen) atoms. The van der Waals surface area contributed by atoms with Crippen LogP contribution in [0.25, 0.3) is 22.2 Å². The first kappa shape index (κ1) is 18.0. The van der Waals surface area contributed by atoms with Gasteiger partial charge in [0.15, 0.2) is 5.82 Å². The van der Waals surface area contributed by atoms with E-state index in [1.165, 1.54) is 16.4 Å². The summed E-state index contributed by atoms with van der Waals surface area (Å²) in [6.07, 6.45) is 3.34. The number of rotatable bonds is 5. The maximum atomic E-state index is 12.7. The molecule has 2 heterocycles. The van der Waals surface area contributed by atoms with E-state index >= 15 is 0 Å². The number of fused-ring (bicyclic) bond motifs is 1. The van der Waals surface area contributed by atoms with Crippen LogP contribution in [-0.4, -0.2) is 31.0 Å². The van der Waals surface area contributed by atoms with Crippen LogP contribution in [0.15, 0.2) is 72.1 Å². The van der Waals surface area contributed by atoms with Crippen LogP contribution in [0, 0.1) is 0 Å². The van der Waals surface area contributed by atoms with Gasteiger partial charge in [-0.15, -0.1) is 10.2 Å². The number of amides is 1. The molecule has 0 spiro atoms. The van der Waals surface area contributed by atoms with Crippen molar-refractivity contribution in [3.05, 3.63) is 67.0 Å². The van der Waals surface area contributed by atoms with Crippen molar-refractivity contribution in [3.8, 4) is 11.4 Å². The van der Waals surface area contributed by atoms with Gasteiger partial charge < -0.3 is 11.2 Å². The van der Waals surface area contributed by atoms with Crippen molar-refractivity contribution in [2.45, 2.75) is 17.3 Å². The third-order valence-electron chi connectivity index (χ3n) is 4.28. The second-order valence-electron chi connectivity index (χ2n) is 6.19. The van der Waals surface area contributed by atoms with Crippen LogP contribution in [0.2, 0.25) is 0 Å². The molecule has 1 amide bonds. The molecule has 0 saturated heterocycles. The number of pyridine rings is 1. The Morgan fingerprint density at radius 3 is 2.75 bits per heavy atom. The number of thioether (sulfide) groups is 1. The van der Waals surface area contributed by atoms with Crippen molar-refractivity contribution in [1.82, 2.24) is 19.9 Å². The topological polar surface area (TPSA) is 98.7 Å². The monoisotopic (exact) mass is 390 g/mol. The molecule has 3 N–H and O–H groups in total. The van der Waals surface area contributed by atoms with Crippen LogP contribution >= 0.6 is 11.8 Å². The molecule has 0 fully saturated rings. The number of benzene rings is 2. The lowest BCUT2D eigenvalue weighted by Crippen LogP contribution is -2.23. The molecule has 1 atom stereocenters. The Morgan fingerprint density at radius 1 is 1.11 bits per heavy atom. The largest absolute Gasteiger partial charge is 0.335 e. The molecule has 2 aromatic carbocycles. The van der Waals surface area contributed by atoms with Gasteiger partial charge >= 0.3 is 0 Å². The molecule has 0 radical (unpaired) electrons. The van der Waals surface area contributed by atoms with Crippen molar-refractivity contribution in [1.29, 1.82) is 0 Å². The molecule has 4 rings (SSSR count). The Balaban J connectivity index is 1.50. The normalized spacial score (nSPS) is 12.0. The quantitative estimate of drug-likeness (QED) is 0.401. The summed E-state index contributed by atoms with van der Waals surface area (Å²) in [5, 5.41) is 13.3. The van der Waals surface area contributed by atoms with E-state index in [1.807, 2.05) is 55.5 Å². The highest BCUT2D eigenvalue weighted by Crippen LogP contribution is 2.27. The molecule has 0 bridgehead atoms. The summed E-state index contributed by atoms with van der Waals surface area (Å²) in [6, 6.07) is 17.4. The maximum Gasteiger partial charge on any atom is 0.237 e. The number of hydrogen-bond donors (Lipinski definition) is 2. The van der Waals surface area contributed by atoms with Gasteiger partial charge in [-0.05, 0) is 30.5 Å². The summed E-state index contributed by atoms with van der Waals surface area (Å²) < 4.78 is 1.38. The van der Waals surface area contributed by atoms with Gasteiger partial charge in [0.05, 0.1) is 5.25 Å². The number of anilines is 1. The summed E-state index contributed by atoms with van der Waals surface area (Å²) in [4.78, 5) is 16.8. The summed E-state index contributed by atoms with van der Waals surface area (Å²) in [5.74, 6) is 6.49. The number of nitrogens with one attached hydrogen (secondary N) is 1. The predicted octanol–water partition coefficient (Wildman–Crippen LogP) is 3.33. The second kappa shape index (κ2) is 7.69. The van der Waals surface area contributed by atoms with Crippen molar-refractivity contribution in [2.75, 3.05) is 11.2 Å². The standard InChI is InChI=1S/C20H18N6OS/c1-13(19(27)23-17-10-4-7-14-6-2-3-9-16(14)17)28-20-25-24-18(26(20)21)15-8-5-11-22-12-15/h2-13H,21H2,1H3,(H,23,27)/t13-/m0/s1. The fraction of sp³-hybridized carbons (Fsp3) is 0.100. The minimum Gasteiger partial charge on any atom is -0.335 e. The van der Waals surface area contributed by atoms with Crippen LogP contribution < -0.4 is 11.2 Å². The second-order valence-corrected chi connectivity index (χ2v) is 7.50. The van der Waals surface area contributed by atoms with Gasteiger partial charge in [0.2, 0.25) is 11.1 Å². The number of aromatic nitrogens is 4. The zero-order valence-corrected chi connectivity index (χ0v) is 15.9. The lowest BCUT2D eigenvalue weighted by molar-refractivity contribution is -0.115. The Morgan fingerprint density at radius 2 is 1.93 bits per heavy atom. The lowest BCUT2D eigenvalue weighted by atomic mass is 10.1. The highest BCUT2D eigenvalue weighted by atomic mass is 32.2. The summed E-state index contributed by atoms with van der Waals surface area (Å²) in [5.41, 5.74) is 1.54. The van der Waals surface area contributed by atoms with E-state index < -0.39 is 5.25 Å². The van der Waals surface area contributed by atoms with Gasteiger partial charge in [-0.1, -0.05) is 48.2 Å². The van der Waals surface area contributed by atoms with Gasteiger partial charge in [0.1, 0.15) is 0 Å². The smallest absolute Gasteiger partial charge is 0.237 e. The summed E-state index contributed by atoms with van der Waals surface area (Å²) >= 11 is 1.25. The van der Waals surface area contributed by atoms with Crippen molar-refractivity contribution < 1.29 is 4.79 Å². The van der Waals surface area contributed by atoms with E-state index in [2.05, 4.69) is 20.5 Å². The van der Waals surface area contributed by atoms with Gasteiger partial charge in [-0.25, -0.2) is 4.68 Å². The lowest BCUT2D eigenvalue weighted by Gasteiger charge is -2.13. The summed E-state index contributed by atoms with van der Waals surface area (Å²) in [7, 11) is 0. The molecule has 0 unspecified atom stereocenters. The summed E-state index contributed by atoms with van der Waals surface area (Å²) in [6.45, 7) is 1.81.